The number of hydrogen-bond acceptors (Lipinski definition) is 6. The highest BCUT2D eigenvalue weighted by Gasteiger charge is 2.32. The number of aromatic nitrogens is 1. The summed E-state index contributed by atoms with van der Waals surface area (Å²) < 4.78 is 116. The quantitative estimate of drug-likeness (QED) is 0.212. The predicted molar refractivity (Wildman–Crippen MR) is 152 cm³/mol. The van der Waals surface area contributed by atoms with Gasteiger partial charge in [0.15, 0.2) is 0 Å². The zero-order chi connectivity index (χ0) is 34.2. The number of alkyl halides is 6. The van der Waals surface area contributed by atoms with E-state index in [-0.39, 0.29) is 49.4 Å². The van der Waals surface area contributed by atoms with Gasteiger partial charge in [0, 0.05) is 42.5 Å². The number of ether oxygens (including phenoxy) is 2. The number of amides is 2. The Morgan fingerprint density at radius 3 is 2.43 bits per heavy atom. The Labute approximate surface area is 263 Å². The number of carbonyl (C=O) groups is 2. The lowest BCUT2D eigenvalue weighted by Gasteiger charge is -2.30. The average Bonchev–Trinajstić information content (AvgIpc) is 3.02. The van der Waals surface area contributed by atoms with Gasteiger partial charge in [-0.1, -0.05) is 18.2 Å². The molecule has 8 nitrogen and oxygen atoms in total. The molecule has 0 spiro atoms. The van der Waals surface area contributed by atoms with Gasteiger partial charge in [-0.25, -0.2) is 13.6 Å². The molecule has 47 heavy (non-hydrogen) atoms. The van der Waals surface area contributed by atoms with Crippen molar-refractivity contribution in [1.29, 1.82) is 0 Å². The van der Waals surface area contributed by atoms with Crippen molar-refractivity contribution < 1.29 is 54.2 Å². The van der Waals surface area contributed by atoms with Gasteiger partial charge in [0.05, 0.1) is 24.3 Å². The Morgan fingerprint density at radius 2 is 1.77 bits per heavy atom. The third-order valence-electron chi connectivity index (χ3n) is 7.28. The van der Waals surface area contributed by atoms with E-state index in [0.29, 0.717) is 18.2 Å². The Hall–Kier alpha value is -4.31. The minimum atomic E-state index is -4.68. The van der Waals surface area contributed by atoms with E-state index in [4.69, 9.17) is 9.47 Å². The Balaban J connectivity index is 1.36. The first-order chi connectivity index (χ1) is 22.2. The Morgan fingerprint density at radius 1 is 1.02 bits per heavy atom. The monoisotopic (exact) mass is 674 g/mol. The van der Waals surface area contributed by atoms with Crippen LogP contribution in [0.15, 0.2) is 60.9 Å². The maximum absolute atomic E-state index is 14.9. The third-order valence-corrected chi connectivity index (χ3v) is 7.28. The highest BCUT2D eigenvalue weighted by atomic mass is 19.4. The molecule has 2 heterocycles. The second kappa shape index (κ2) is 15.5. The van der Waals surface area contributed by atoms with Crippen LogP contribution >= 0.6 is 0 Å². The third kappa shape index (κ3) is 10.9. The van der Waals surface area contributed by atoms with Gasteiger partial charge in [0.1, 0.15) is 24.8 Å². The van der Waals surface area contributed by atoms with Crippen molar-refractivity contribution in [3.63, 3.8) is 0 Å². The lowest BCUT2D eigenvalue weighted by Crippen LogP contribution is -2.49. The largest absolute Gasteiger partial charge is 0.448 e. The van der Waals surface area contributed by atoms with E-state index in [9.17, 15) is 44.7 Å². The Kier molecular flexibility index (Phi) is 11.7. The summed E-state index contributed by atoms with van der Waals surface area (Å²) in [6, 6.07) is 9.43. The van der Waals surface area contributed by atoms with E-state index in [1.54, 1.807) is 5.32 Å². The van der Waals surface area contributed by atoms with Crippen LogP contribution in [0, 0.1) is 11.6 Å². The molecule has 1 saturated heterocycles. The van der Waals surface area contributed by atoms with Gasteiger partial charge in [0.2, 0.25) is 5.91 Å². The Bertz CT molecular complexity index is 1510. The fraction of sp³-hybridized carbons (Fsp3) is 0.387. The van der Waals surface area contributed by atoms with E-state index in [0.717, 1.165) is 18.2 Å². The standard InChI is InChI=1S/C31H30F8N4O4/c32-21-6-4-18(5-7-21)25(19-10-20(13-40-12-19)31(37,38)39)11-28(44)43-27-3-1-2-26(33)24(27)9-8-23-14-41-22(15-46-23)16-47-29(45)42-17-30(34,35)36/h1-7,10,12-13,22-23,25,41H,8-9,11,14-17H2,(H,42,45)(H,43,44)/t22-,23+,25-/m0/s1. The molecule has 0 saturated carbocycles. The molecule has 0 bridgehead atoms. The van der Waals surface area contributed by atoms with Crippen molar-refractivity contribution in [2.45, 2.75) is 49.7 Å². The molecule has 3 aromatic rings. The second-order valence-corrected chi connectivity index (χ2v) is 10.8. The van der Waals surface area contributed by atoms with Crippen LogP contribution in [0.4, 0.5) is 45.6 Å². The molecular weight excluding hydrogens is 644 g/mol. The van der Waals surface area contributed by atoms with Crippen LogP contribution in [-0.2, 0) is 26.9 Å². The van der Waals surface area contributed by atoms with Crippen LogP contribution in [0.25, 0.3) is 0 Å². The molecule has 1 aliphatic rings. The van der Waals surface area contributed by atoms with Crippen molar-refractivity contribution >= 4 is 17.7 Å². The molecule has 254 valence electrons. The second-order valence-electron chi connectivity index (χ2n) is 10.8. The lowest BCUT2D eigenvalue weighted by molar-refractivity contribution is -0.137. The summed E-state index contributed by atoms with van der Waals surface area (Å²) in [4.78, 5) is 28.4. The van der Waals surface area contributed by atoms with E-state index in [1.807, 2.05) is 0 Å². The lowest BCUT2D eigenvalue weighted by atomic mass is 9.88. The number of morpholine rings is 1. The summed E-state index contributed by atoms with van der Waals surface area (Å²) in [5.41, 5.74) is -0.256. The van der Waals surface area contributed by atoms with Gasteiger partial charge in [-0.05, 0) is 54.3 Å². The number of nitrogens with one attached hydrogen (secondary N) is 3. The van der Waals surface area contributed by atoms with Gasteiger partial charge >= 0.3 is 18.4 Å². The van der Waals surface area contributed by atoms with Crippen molar-refractivity contribution in [3.05, 3.63) is 94.8 Å². The SMILES string of the molecule is O=C(C[C@@H](c1ccc(F)cc1)c1cncc(C(F)(F)F)c1)Nc1cccc(F)c1CC[C@@H]1CN[C@H](COC(=O)NCC(F)(F)F)CO1. The number of carbonyl (C=O) groups excluding carboxylic acids is 2. The molecule has 1 aromatic heterocycles. The topological polar surface area (TPSA) is 102 Å². The average molecular weight is 675 g/mol. The minimum Gasteiger partial charge on any atom is -0.448 e. The van der Waals surface area contributed by atoms with Gasteiger partial charge < -0.3 is 25.4 Å². The minimum absolute atomic E-state index is 0.0628. The molecule has 2 aromatic carbocycles. The summed E-state index contributed by atoms with van der Waals surface area (Å²) in [7, 11) is 0. The number of pyridine rings is 1. The van der Waals surface area contributed by atoms with Crippen molar-refractivity contribution in [1.82, 2.24) is 15.6 Å². The molecule has 1 aliphatic heterocycles. The van der Waals surface area contributed by atoms with E-state index >= 15 is 0 Å². The molecule has 0 aliphatic carbocycles. The highest BCUT2D eigenvalue weighted by Crippen LogP contribution is 2.34. The number of alkyl carbamates (subject to hydrolysis) is 1. The number of hydrogen-bond donors (Lipinski definition) is 3. The number of halogens is 8. The summed E-state index contributed by atoms with van der Waals surface area (Å²) in [6.45, 7) is -1.44. The summed E-state index contributed by atoms with van der Waals surface area (Å²) in [6.07, 6.45) is -8.99. The van der Waals surface area contributed by atoms with Crippen molar-refractivity contribution in [2.75, 3.05) is 31.6 Å². The molecule has 1 fully saturated rings. The maximum atomic E-state index is 14.9. The predicted octanol–water partition coefficient (Wildman–Crippen LogP) is 6.12. The van der Waals surface area contributed by atoms with E-state index < -0.39 is 66.2 Å². The van der Waals surface area contributed by atoms with Crippen molar-refractivity contribution in [3.8, 4) is 0 Å². The number of nitrogens with zero attached hydrogens (tertiary/aromatic N) is 1. The van der Waals surface area contributed by atoms with Crippen molar-refractivity contribution in [2.24, 2.45) is 0 Å². The van der Waals surface area contributed by atoms with Crippen LogP contribution in [0.1, 0.15) is 41.0 Å². The summed E-state index contributed by atoms with van der Waals surface area (Å²) >= 11 is 0. The van der Waals surface area contributed by atoms with Crippen LogP contribution in [0.3, 0.4) is 0 Å². The molecule has 2 amide bonds. The fourth-order valence-corrected chi connectivity index (χ4v) is 4.91. The van der Waals surface area contributed by atoms with Gasteiger partial charge in [-0.3, -0.25) is 9.78 Å². The smallest absolute Gasteiger partial charge is 0.417 e. The van der Waals surface area contributed by atoms with Gasteiger partial charge in [0.25, 0.3) is 0 Å². The van der Waals surface area contributed by atoms with Gasteiger partial charge in [-0.15, -0.1) is 0 Å². The first kappa shape index (κ1) is 35.5. The van der Waals surface area contributed by atoms with E-state index in [1.165, 1.54) is 36.5 Å². The molecule has 0 radical (unpaired) electrons. The summed E-state index contributed by atoms with van der Waals surface area (Å²) in [5.74, 6) is -2.75. The zero-order valence-corrected chi connectivity index (χ0v) is 24.6. The zero-order valence-electron chi connectivity index (χ0n) is 24.6. The normalized spacial score (nSPS) is 17.5. The first-order valence-electron chi connectivity index (χ1n) is 14.3. The molecule has 0 unspecified atom stereocenters. The maximum Gasteiger partial charge on any atom is 0.417 e. The molecule has 3 N–H and O–H groups in total. The number of benzene rings is 2. The first-order valence-corrected chi connectivity index (χ1v) is 14.3. The number of rotatable bonds is 11. The summed E-state index contributed by atoms with van der Waals surface area (Å²) in [5, 5.41) is 7.28. The van der Waals surface area contributed by atoms with Crippen LogP contribution in [0.5, 0.6) is 0 Å². The fourth-order valence-electron chi connectivity index (χ4n) is 4.91. The van der Waals surface area contributed by atoms with E-state index in [2.05, 4.69) is 15.6 Å². The number of anilines is 1. The highest BCUT2D eigenvalue weighted by molar-refractivity contribution is 5.92. The molecular formula is C31H30F8N4O4. The molecule has 4 rings (SSSR count). The van der Waals surface area contributed by atoms with Crippen LogP contribution in [-0.4, -0.2) is 61.6 Å². The van der Waals surface area contributed by atoms with Crippen LogP contribution in [0.2, 0.25) is 0 Å². The molecule has 16 heteroatoms. The van der Waals surface area contributed by atoms with Gasteiger partial charge in [-0.2, -0.15) is 26.3 Å². The van der Waals surface area contributed by atoms with Crippen LogP contribution < -0.4 is 16.0 Å². The molecule has 3 atom stereocenters.